The number of imidazole rings is 1. The molecule has 0 N–H and O–H groups in total. The smallest absolute Gasteiger partial charge is 0 e. The van der Waals surface area contributed by atoms with Crippen LogP contribution in [-0.4, -0.2) is 27.8 Å². The van der Waals surface area contributed by atoms with Gasteiger partial charge in [0.2, 0.25) is 0 Å². The van der Waals surface area contributed by atoms with Gasteiger partial charge in [-0.15, -0.1) is 18.2 Å². The van der Waals surface area contributed by atoms with Crippen LogP contribution in [0.1, 0.15) is 82.5 Å². The predicted octanol–water partition coefficient (Wildman–Crippen LogP) is 15.4. The van der Waals surface area contributed by atoms with Gasteiger partial charge in [-0.3, -0.25) is 4.98 Å². The molecule has 6 aromatic carbocycles. The molecule has 0 saturated carbocycles. The molecule has 0 saturated heterocycles. The topological polar surface area (TPSA) is 30.7 Å². The minimum Gasteiger partial charge on any atom is 0 e. The average Bonchev–Trinajstić information content (AvgIpc) is 3.87. The summed E-state index contributed by atoms with van der Waals surface area (Å²) in [5.41, 5.74) is 11.9. The molecule has 1 radical (unpaired) electrons. The van der Waals surface area contributed by atoms with Crippen LogP contribution in [0.25, 0.3) is 70.7 Å². The van der Waals surface area contributed by atoms with Crippen LogP contribution in [0, 0.1) is 24.9 Å². The molecule has 62 heavy (non-hydrogen) atoms. The number of hydrogen-bond donors (Lipinski definition) is 0. The molecular formula is C56H57GeIrN3S-2. The summed E-state index contributed by atoms with van der Waals surface area (Å²) in [6.07, 6.45) is 0.362. The first-order valence-electron chi connectivity index (χ1n) is 23.8. The van der Waals surface area contributed by atoms with E-state index in [1.165, 1.54) is 54.2 Å². The SMILES string of the molecule is CC(C)c1cc(-c2ccccc2)cc(C(C)C)c1-n1c(-c2[c-]ccc3c2sc2ccccc23)nc2ccccc21.[2H]C([2H])([2H])c1c[c-]c(-c2cc(C([2H])([2H])C(C)C)[c]([Ge]([CH3])([CH3])[CH3])cn2)cc1.[Ir]. The first-order valence-corrected chi connectivity index (χ1v) is 29.5. The third kappa shape index (κ3) is 9.33. The second-order valence-corrected chi connectivity index (χ2v) is 29.4. The van der Waals surface area contributed by atoms with Gasteiger partial charge in [-0.05, 0) is 74.5 Å². The van der Waals surface area contributed by atoms with E-state index in [1.54, 1.807) is 12.1 Å². The standard InChI is InChI=1S/C37H31N2S.C19H26GeN.Ir/c1-23(2)30-21-26(25-13-6-5-7-14-25)22-31(24(3)4)35(30)39-33-19-10-9-18-32(33)38-37(39)29-17-12-16-28-27-15-8-11-20-34(27)40-36(28)29;1-14(2)11-17-12-19(16-9-7-15(3)8-10-16)21-13-18(17)20(4,5)6;/h5-16,18-24H,1-4H3;7-9,12-14H,11H2,1-6H3;/q2*-1;/i;3D3,11D2;. The van der Waals surface area contributed by atoms with Crippen molar-refractivity contribution in [3.63, 3.8) is 0 Å². The number of rotatable bonds is 9. The summed E-state index contributed by atoms with van der Waals surface area (Å²) in [5.74, 6) is 8.14. The van der Waals surface area contributed by atoms with Gasteiger partial charge in [-0.1, -0.05) is 99.3 Å². The van der Waals surface area contributed by atoms with Crippen LogP contribution in [0.2, 0.25) is 17.3 Å². The van der Waals surface area contributed by atoms with Crippen molar-refractivity contribution in [1.29, 1.82) is 0 Å². The second kappa shape index (κ2) is 19.0. The van der Waals surface area contributed by atoms with Gasteiger partial charge in [-0.2, -0.15) is 11.3 Å². The molecule has 3 aromatic heterocycles. The predicted molar refractivity (Wildman–Crippen MR) is 267 cm³/mol. The minimum absolute atomic E-state index is 0. The molecule has 0 unspecified atom stereocenters. The fourth-order valence-corrected chi connectivity index (χ4v) is 12.2. The van der Waals surface area contributed by atoms with Crippen LogP contribution in [0.5, 0.6) is 0 Å². The van der Waals surface area contributed by atoms with Crippen molar-refractivity contribution in [3.05, 3.63) is 168 Å². The largest absolute Gasteiger partial charge is 0 e. The molecule has 0 aliphatic carbocycles. The zero-order chi connectivity index (χ0) is 47.3. The molecule has 0 aliphatic heterocycles. The Balaban J connectivity index is 0.000000216. The monoisotopic (exact) mass is 1080 g/mol. The van der Waals surface area contributed by atoms with Gasteiger partial charge in [0.25, 0.3) is 0 Å². The zero-order valence-corrected chi connectivity index (χ0v) is 42.3. The number of pyridine rings is 1. The number of thiophene rings is 1. The maximum atomic E-state index is 8.60. The minimum atomic E-state index is -2.32. The molecule has 317 valence electrons. The molecule has 0 atom stereocenters. The number of hydrogen-bond acceptors (Lipinski definition) is 3. The third-order valence-corrected chi connectivity index (χ3v) is 16.5. The van der Waals surface area contributed by atoms with Gasteiger partial charge >= 0.3 is 139 Å². The molecule has 0 fully saturated rings. The fourth-order valence-electron chi connectivity index (χ4n) is 8.11. The van der Waals surface area contributed by atoms with E-state index in [9.17, 15) is 0 Å². The van der Waals surface area contributed by atoms with E-state index in [0.717, 1.165) is 26.8 Å². The van der Waals surface area contributed by atoms with Crippen molar-refractivity contribution in [3.8, 4) is 39.5 Å². The van der Waals surface area contributed by atoms with Crippen LogP contribution < -0.4 is 4.40 Å². The summed E-state index contributed by atoms with van der Waals surface area (Å²) in [7, 11) is 0. The Bertz CT molecular complexity index is 3160. The van der Waals surface area contributed by atoms with E-state index in [2.05, 4.69) is 170 Å². The average molecular weight is 1070 g/mol. The first-order chi connectivity index (χ1) is 31.3. The molecule has 3 heterocycles. The molecule has 6 heteroatoms. The van der Waals surface area contributed by atoms with Crippen molar-refractivity contribution in [2.45, 2.75) is 83.9 Å². The molecule has 0 bridgehead atoms. The van der Waals surface area contributed by atoms with E-state index in [0.29, 0.717) is 28.7 Å². The molecule has 0 aliphatic rings. The summed E-state index contributed by atoms with van der Waals surface area (Å²) in [4.78, 5) is 9.85. The number of fused-ring (bicyclic) bond motifs is 4. The van der Waals surface area contributed by atoms with E-state index in [4.69, 9.17) is 11.8 Å². The number of nitrogens with zero attached hydrogens (tertiary/aromatic N) is 3. The van der Waals surface area contributed by atoms with Crippen LogP contribution in [0.3, 0.4) is 0 Å². The normalized spacial score (nSPS) is 13.4. The molecule has 0 amide bonds. The summed E-state index contributed by atoms with van der Waals surface area (Å²) < 4.78 is 45.6. The molecule has 3 nitrogen and oxygen atoms in total. The summed E-state index contributed by atoms with van der Waals surface area (Å²) in [6.45, 7) is 10.8. The molecule has 9 rings (SSSR count). The number of aryl methyl sites for hydroxylation is 1. The summed E-state index contributed by atoms with van der Waals surface area (Å²) in [6, 6.07) is 50.2. The number of para-hydroxylation sites is 2. The number of benzene rings is 6. The van der Waals surface area contributed by atoms with Crippen molar-refractivity contribution in [2.75, 3.05) is 0 Å². The quantitative estimate of drug-likeness (QED) is 0.107. The Morgan fingerprint density at radius 2 is 1.45 bits per heavy atom. The van der Waals surface area contributed by atoms with Crippen LogP contribution in [-0.2, 0) is 26.5 Å². The molecular weight excluding hydrogens is 1010 g/mol. The Morgan fingerprint density at radius 3 is 2.11 bits per heavy atom. The Kier molecular flexibility index (Phi) is 11.9. The van der Waals surface area contributed by atoms with Gasteiger partial charge in [0, 0.05) is 30.5 Å². The van der Waals surface area contributed by atoms with Gasteiger partial charge in [0.05, 0.1) is 16.9 Å². The Hall–Kier alpha value is -4.65. The Labute approximate surface area is 396 Å². The van der Waals surface area contributed by atoms with Crippen molar-refractivity contribution < 1.29 is 27.0 Å². The van der Waals surface area contributed by atoms with Gasteiger partial charge in [0.15, 0.2) is 0 Å². The van der Waals surface area contributed by atoms with Gasteiger partial charge in [-0.25, -0.2) is 0 Å². The molecule has 9 aromatic rings. The molecule has 0 spiro atoms. The first kappa shape index (κ1) is 39.0. The van der Waals surface area contributed by atoms with Gasteiger partial charge in [0.1, 0.15) is 0 Å². The van der Waals surface area contributed by atoms with Crippen LogP contribution >= 0.6 is 11.3 Å². The van der Waals surface area contributed by atoms with Gasteiger partial charge < -0.3 is 4.57 Å². The maximum absolute atomic E-state index is 8.60. The van der Waals surface area contributed by atoms with E-state index >= 15 is 0 Å². The third-order valence-electron chi connectivity index (χ3n) is 11.1. The van der Waals surface area contributed by atoms with Crippen molar-refractivity contribution >= 4 is 60.2 Å². The van der Waals surface area contributed by atoms with E-state index in [-0.39, 0.29) is 31.6 Å². The van der Waals surface area contributed by atoms with Crippen molar-refractivity contribution in [2.24, 2.45) is 5.92 Å². The van der Waals surface area contributed by atoms with E-state index < -0.39 is 26.5 Å². The Morgan fingerprint density at radius 1 is 0.758 bits per heavy atom. The van der Waals surface area contributed by atoms with E-state index in [1.807, 2.05) is 37.4 Å². The zero-order valence-electron chi connectivity index (χ0n) is 42.0. The maximum Gasteiger partial charge on any atom is 0 e. The summed E-state index contributed by atoms with van der Waals surface area (Å²) in [5, 5.41) is 2.55. The van der Waals surface area contributed by atoms with Crippen molar-refractivity contribution in [1.82, 2.24) is 14.5 Å². The fraction of sp³-hybridized carbons (Fsp3) is 0.250. The summed E-state index contributed by atoms with van der Waals surface area (Å²) >= 11 is -0.484. The van der Waals surface area contributed by atoms with Crippen LogP contribution in [0.15, 0.2) is 134 Å². The van der Waals surface area contributed by atoms with Crippen LogP contribution in [0.4, 0.5) is 0 Å². The second-order valence-electron chi connectivity index (χ2n) is 17.8. The number of aromatic nitrogens is 3.